The summed E-state index contributed by atoms with van der Waals surface area (Å²) in [5, 5.41) is 8.80. The molecule has 1 fully saturated rings. The summed E-state index contributed by atoms with van der Waals surface area (Å²) in [5.74, 6) is -0.401. The number of hydrogen-bond donors (Lipinski definition) is 1. The molecule has 3 heterocycles. The number of aryl methyl sites for hydroxylation is 3. The molecule has 1 saturated heterocycles. The minimum Gasteiger partial charge on any atom is -0.355 e. The van der Waals surface area contributed by atoms with Crippen molar-refractivity contribution >= 4 is 45.1 Å². The lowest BCUT2D eigenvalue weighted by Crippen LogP contribution is -2.43. The molecular weight excluding hydrogens is 458 g/mol. The van der Waals surface area contributed by atoms with Gasteiger partial charge in [-0.3, -0.25) is 4.79 Å². The highest BCUT2D eigenvalue weighted by Gasteiger charge is 2.37. The number of hydrogen-bond acceptors (Lipinski definition) is 6. The maximum atomic E-state index is 13.5. The first kappa shape index (κ1) is 23.4. The van der Waals surface area contributed by atoms with Gasteiger partial charge in [0.2, 0.25) is 15.9 Å². The Morgan fingerprint density at radius 2 is 1.97 bits per heavy atom. The van der Waals surface area contributed by atoms with Crippen molar-refractivity contribution in [2.24, 2.45) is 5.92 Å². The van der Waals surface area contributed by atoms with Gasteiger partial charge < -0.3 is 9.84 Å². The molecule has 0 spiro atoms. The van der Waals surface area contributed by atoms with Crippen LogP contribution in [0.3, 0.4) is 0 Å². The number of aromatic nitrogens is 1. The normalized spacial score (nSPS) is 17.5. The van der Waals surface area contributed by atoms with Crippen molar-refractivity contribution in [3.63, 3.8) is 0 Å². The van der Waals surface area contributed by atoms with Gasteiger partial charge in [0.1, 0.15) is 5.69 Å². The van der Waals surface area contributed by atoms with Crippen LogP contribution in [0.2, 0.25) is 0 Å². The van der Waals surface area contributed by atoms with Gasteiger partial charge in [-0.05, 0) is 80.5 Å². The highest BCUT2D eigenvalue weighted by molar-refractivity contribution is 7.89. The van der Waals surface area contributed by atoms with Crippen molar-refractivity contribution in [2.75, 3.05) is 18.4 Å². The molecular formula is C24H27N3O4S2. The predicted octanol–water partition coefficient (Wildman–Crippen LogP) is 4.87. The van der Waals surface area contributed by atoms with Crippen LogP contribution >= 0.6 is 11.3 Å². The van der Waals surface area contributed by atoms with E-state index in [0.717, 1.165) is 21.7 Å². The van der Waals surface area contributed by atoms with E-state index in [1.54, 1.807) is 30.4 Å². The first-order chi connectivity index (χ1) is 15.7. The molecule has 0 aliphatic carbocycles. The molecule has 1 aromatic carbocycles. The van der Waals surface area contributed by atoms with Gasteiger partial charge in [0.15, 0.2) is 10.7 Å². The molecule has 1 N–H and O–H groups in total. The van der Waals surface area contributed by atoms with E-state index in [-0.39, 0.29) is 23.1 Å². The molecule has 1 unspecified atom stereocenters. The molecule has 33 heavy (non-hydrogen) atoms. The van der Waals surface area contributed by atoms with Crippen molar-refractivity contribution in [3.8, 4) is 0 Å². The number of nitrogens with one attached hydrogen (secondary N) is 1. The number of benzene rings is 1. The smallest absolute Gasteiger partial charge is 0.248 e. The molecule has 174 valence electrons. The van der Waals surface area contributed by atoms with Gasteiger partial charge in [0.05, 0.1) is 5.92 Å². The van der Waals surface area contributed by atoms with Crippen LogP contribution < -0.4 is 5.32 Å². The summed E-state index contributed by atoms with van der Waals surface area (Å²) in [6.45, 7) is 6.05. The van der Waals surface area contributed by atoms with E-state index >= 15 is 0 Å². The van der Waals surface area contributed by atoms with Gasteiger partial charge in [-0.1, -0.05) is 17.3 Å². The number of piperidine rings is 1. The highest BCUT2D eigenvalue weighted by Crippen LogP contribution is 2.30. The summed E-state index contributed by atoms with van der Waals surface area (Å²) in [6.07, 6.45) is 4.68. The SMILES string of the molecule is Cc1cc(C)cc(NC(=O)C2CCCN(S(=O)(=O)c3c(C)noc3/C=C/c3cccs3)C2)c1. The minimum absolute atomic E-state index is 0.0608. The Morgan fingerprint density at radius 3 is 2.67 bits per heavy atom. The van der Waals surface area contributed by atoms with E-state index in [1.807, 2.05) is 49.6 Å². The molecule has 0 saturated carbocycles. The number of sulfonamides is 1. The van der Waals surface area contributed by atoms with Crippen LogP contribution in [-0.2, 0) is 14.8 Å². The second-order valence-corrected chi connectivity index (χ2v) is 11.2. The fourth-order valence-electron chi connectivity index (χ4n) is 4.14. The van der Waals surface area contributed by atoms with E-state index < -0.39 is 15.9 Å². The predicted molar refractivity (Wildman–Crippen MR) is 131 cm³/mol. The minimum atomic E-state index is -3.87. The lowest BCUT2D eigenvalue weighted by atomic mass is 9.98. The lowest BCUT2D eigenvalue weighted by molar-refractivity contribution is -0.120. The molecule has 2 aromatic heterocycles. The van der Waals surface area contributed by atoms with Crippen LogP contribution in [0, 0.1) is 26.7 Å². The Bertz CT molecular complexity index is 1260. The van der Waals surface area contributed by atoms with Crippen LogP contribution in [0.15, 0.2) is 45.1 Å². The topological polar surface area (TPSA) is 92.5 Å². The van der Waals surface area contributed by atoms with Gasteiger partial charge >= 0.3 is 0 Å². The van der Waals surface area contributed by atoms with Crippen molar-refractivity contribution in [3.05, 3.63) is 63.2 Å². The average molecular weight is 486 g/mol. The standard InChI is InChI=1S/C24H27N3O4S2/c1-16-12-17(2)14-20(13-16)25-24(28)19-6-4-10-27(15-19)33(29,30)23-18(3)26-31-22(23)9-8-21-7-5-11-32-21/h5,7-9,11-14,19H,4,6,10,15H2,1-3H3,(H,25,28)/b9-8+. The summed E-state index contributed by atoms with van der Waals surface area (Å²) in [6, 6.07) is 9.72. The molecule has 3 aromatic rings. The first-order valence-electron chi connectivity index (χ1n) is 10.8. The Balaban J connectivity index is 1.53. The zero-order valence-electron chi connectivity index (χ0n) is 18.9. The summed E-state index contributed by atoms with van der Waals surface area (Å²) in [4.78, 5) is 14.0. The first-order valence-corrected chi connectivity index (χ1v) is 13.1. The monoisotopic (exact) mass is 485 g/mol. The number of thiophene rings is 1. The Kier molecular flexibility index (Phi) is 6.83. The number of amides is 1. The molecule has 0 bridgehead atoms. The second-order valence-electron chi connectivity index (χ2n) is 8.38. The molecule has 1 aliphatic rings. The highest BCUT2D eigenvalue weighted by atomic mass is 32.2. The van der Waals surface area contributed by atoms with Crippen molar-refractivity contribution in [2.45, 2.75) is 38.5 Å². The molecule has 9 heteroatoms. The van der Waals surface area contributed by atoms with Crippen LogP contribution in [0.4, 0.5) is 5.69 Å². The Labute approximate surface area is 198 Å². The van der Waals surface area contributed by atoms with E-state index in [1.165, 1.54) is 4.31 Å². The third-order valence-corrected chi connectivity index (χ3v) is 8.48. The van der Waals surface area contributed by atoms with E-state index in [4.69, 9.17) is 4.52 Å². The lowest BCUT2D eigenvalue weighted by Gasteiger charge is -2.31. The third kappa shape index (κ3) is 5.26. The van der Waals surface area contributed by atoms with E-state index in [9.17, 15) is 13.2 Å². The molecule has 7 nitrogen and oxygen atoms in total. The van der Waals surface area contributed by atoms with Gasteiger partial charge in [-0.25, -0.2) is 8.42 Å². The van der Waals surface area contributed by atoms with Crippen molar-refractivity contribution in [1.82, 2.24) is 9.46 Å². The molecule has 1 atom stereocenters. The average Bonchev–Trinajstić information content (AvgIpc) is 3.41. The van der Waals surface area contributed by atoms with Gasteiger partial charge in [0, 0.05) is 23.7 Å². The summed E-state index contributed by atoms with van der Waals surface area (Å²) in [5.41, 5.74) is 3.16. The number of carbonyl (C=O) groups excluding carboxylic acids is 1. The maximum absolute atomic E-state index is 13.5. The zero-order valence-corrected chi connectivity index (χ0v) is 20.5. The van der Waals surface area contributed by atoms with Gasteiger partial charge in [-0.2, -0.15) is 4.31 Å². The number of rotatable bonds is 6. The Morgan fingerprint density at radius 1 is 1.21 bits per heavy atom. The molecule has 0 radical (unpaired) electrons. The van der Waals surface area contributed by atoms with Crippen LogP contribution in [0.5, 0.6) is 0 Å². The van der Waals surface area contributed by atoms with Crippen molar-refractivity contribution < 1.29 is 17.7 Å². The fraction of sp³-hybridized carbons (Fsp3) is 0.333. The quantitative estimate of drug-likeness (QED) is 0.538. The Hall–Kier alpha value is -2.75. The molecule has 4 rings (SSSR count). The zero-order chi connectivity index (χ0) is 23.6. The van der Waals surface area contributed by atoms with Crippen molar-refractivity contribution in [1.29, 1.82) is 0 Å². The number of nitrogens with zero attached hydrogens (tertiary/aromatic N) is 2. The van der Waals surface area contributed by atoms with Gasteiger partial charge in [0.25, 0.3) is 0 Å². The number of anilines is 1. The third-order valence-electron chi connectivity index (χ3n) is 5.62. The fourth-order valence-corrected chi connectivity index (χ4v) is 6.53. The van der Waals surface area contributed by atoms with Crippen LogP contribution in [0.1, 0.15) is 40.3 Å². The number of carbonyl (C=O) groups is 1. The second kappa shape index (κ2) is 9.62. The van der Waals surface area contributed by atoms with E-state index in [0.29, 0.717) is 25.1 Å². The largest absolute Gasteiger partial charge is 0.355 e. The molecule has 1 aliphatic heterocycles. The summed E-state index contributed by atoms with van der Waals surface area (Å²) >= 11 is 1.54. The summed E-state index contributed by atoms with van der Waals surface area (Å²) in [7, 11) is -3.87. The summed E-state index contributed by atoms with van der Waals surface area (Å²) < 4.78 is 33.8. The van der Waals surface area contributed by atoms with Crippen LogP contribution in [0.25, 0.3) is 12.2 Å². The van der Waals surface area contributed by atoms with E-state index in [2.05, 4.69) is 10.5 Å². The molecule has 1 amide bonds. The van der Waals surface area contributed by atoms with Gasteiger partial charge in [-0.15, -0.1) is 11.3 Å². The maximum Gasteiger partial charge on any atom is 0.248 e. The van der Waals surface area contributed by atoms with Crippen LogP contribution in [-0.4, -0.2) is 36.9 Å².